The molecule has 0 atom stereocenters. The predicted octanol–water partition coefficient (Wildman–Crippen LogP) is 3.17. The van der Waals surface area contributed by atoms with Crippen LogP contribution in [-0.4, -0.2) is 62.2 Å². The lowest BCUT2D eigenvalue weighted by atomic mass is 10.1. The van der Waals surface area contributed by atoms with Crippen LogP contribution < -0.4 is 5.32 Å². The van der Waals surface area contributed by atoms with E-state index < -0.39 is 0 Å². The minimum atomic E-state index is -0.324. The van der Waals surface area contributed by atoms with Crippen LogP contribution >= 0.6 is 0 Å². The van der Waals surface area contributed by atoms with Crippen LogP contribution in [0.4, 0.5) is 0 Å². The van der Waals surface area contributed by atoms with Gasteiger partial charge in [0.1, 0.15) is 6.26 Å². The Hall–Kier alpha value is -1.93. The highest BCUT2D eigenvalue weighted by molar-refractivity contribution is 5.91. The molecule has 0 unspecified atom stereocenters. The topological polar surface area (TPSA) is 93.9 Å². The van der Waals surface area contributed by atoms with Gasteiger partial charge in [-0.25, -0.2) is 4.98 Å². The lowest BCUT2D eigenvalue weighted by Gasteiger charge is -2.20. The molecule has 1 N–H and O–H groups in total. The molecule has 2 amide bonds. The molecule has 0 aliphatic carbocycles. The summed E-state index contributed by atoms with van der Waals surface area (Å²) in [5.74, 6) is 0.0701. The van der Waals surface area contributed by atoms with Crippen LogP contribution in [0.25, 0.3) is 0 Å². The second kappa shape index (κ2) is 15.9. The van der Waals surface area contributed by atoms with Crippen molar-refractivity contribution in [2.75, 3.05) is 40.5 Å². The predicted molar refractivity (Wildman–Crippen MR) is 111 cm³/mol. The third kappa shape index (κ3) is 11.0. The Morgan fingerprint density at radius 1 is 1.07 bits per heavy atom. The minimum absolute atomic E-state index is 0.0555. The molecule has 0 bridgehead atoms. The largest absolute Gasteiger partial charge is 0.446 e. The summed E-state index contributed by atoms with van der Waals surface area (Å²) >= 11 is 0. The van der Waals surface area contributed by atoms with E-state index in [0.29, 0.717) is 38.6 Å². The summed E-state index contributed by atoms with van der Waals surface area (Å²) in [7, 11) is 3.17. The van der Waals surface area contributed by atoms with Crippen LogP contribution in [0.3, 0.4) is 0 Å². The second-order valence-corrected chi connectivity index (χ2v) is 7.05. The Balaban J connectivity index is 2.47. The monoisotopic (exact) mass is 411 g/mol. The highest BCUT2D eigenvalue weighted by atomic mass is 16.5. The number of amides is 2. The maximum Gasteiger partial charge on any atom is 0.273 e. The molecular weight excluding hydrogens is 374 g/mol. The summed E-state index contributed by atoms with van der Waals surface area (Å²) in [4.78, 5) is 30.5. The van der Waals surface area contributed by atoms with Gasteiger partial charge in [-0.05, 0) is 6.42 Å². The average Bonchev–Trinajstić information content (AvgIpc) is 3.19. The Kier molecular flexibility index (Phi) is 13.8. The molecule has 8 nitrogen and oxygen atoms in total. The van der Waals surface area contributed by atoms with E-state index in [2.05, 4.69) is 17.2 Å². The van der Waals surface area contributed by atoms with Crippen LogP contribution in [0.1, 0.15) is 74.7 Å². The summed E-state index contributed by atoms with van der Waals surface area (Å²) in [5.41, 5.74) is 0.197. The van der Waals surface area contributed by atoms with Gasteiger partial charge >= 0.3 is 0 Å². The van der Waals surface area contributed by atoms with Crippen LogP contribution in [-0.2, 0) is 20.8 Å². The molecule has 0 saturated heterocycles. The highest BCUT2D eigenvalue weighted by Crippen LogP contribution is 2.12. The van der Waals surface area contributed by atoms with Gasteiger partial charge in [0.25, 0.3) is 5.91 Å². The third-order valence-electron chi connectivity index (χ3n) is 4.61. The van der Waals surface area contributed by atoms with E-state index in [1.54, 1.807) is 19.1 Å². The third-order valence-corrected chi connectivity index (χ3v) is 4.61. The first-order valence-corrected chi connectivity index (χ1v) is 10.6. The fourth-order valence-electron chi connectivity index (χ4n) is 2.89. The van der Waals surface area contributed by atoms with Crippen LogP contribution in [0.2, 0.25) is 0 Å². The first-order valence-electron chi connectivity index (χ1n) is 10.6. The first-order chi connectivity index (χ1) is 14.1. The van der Waals surface area contributed by atoms with Gasteiger partial charge in [-0.2, -0.15) is 0 Å². The zero-order valence-electron chi connectivity index (χ0n) is 18.2. The number of unbranched alkanes of at least 4 members (excludes halogenated alkanes) is 6. The number of hydrogen-bond acceptors (Lipinski definition) is 6. The number of carbonyl (C=O) groups is 2. The van der Waals surface area contributed by atoms with Crippen molar-refractivity contribution in [1.29, 1.82) is 0 Å². The minimum Gasteiger partial charge on any atom is -0.446 e. The first kappa shape index (κ1) is 25.1. The number of methoxy groups -OCH3 is 2. The number of aromatic nitrogens is 1. The summed E-state index contributed by atoms with van der Waals surface area (Å²) in [6.45, 7) is 4.15. The van der Waals surface area contributed by atoms with Crippen molar-refractivity contribution in [1.82, 2.24) is 15.2 Å². The van der Waals surface area contributed by atoms with Crippen molar-refractivity contribution >= 4 is 11.8 Å². The number of ether oxygens (including phenoxy) is 2. The van der Waals surface area contributed by atoms with E-state index in [-0.39, 0.29) is 24.1 Å². The average molecular weight is 412 g/mol. The van der Waals surface area contributed by atoms with E-state index in [0.717, 1.165) is 12.8 Å². The number of oxazole rings is 1. The van der Waals surface area contributed by atoms with Gasteiger partial charge in [0, 0.05) is 33.7 Å². The van der Waals surface area contributed by atoms with E-state index in [9.17, 15) is 9.59 Å². The van der Waals surface area contributed by atoms with E-state index in [1.807, 2.05) is 0 Å². The fourth-order valence-corrected chi connectivity index (χ4v) is 2.89. The zero-order chi connectivity index (χ0) is 21.3. The molecule has 29 heavy (non-hydrogen) atoms. The summed E-state index contributed by atoms with van der Waals surface area (Å²) < 4.78 is 15.4. The van der Waals surface area contributed by atoms with Crippen molar-refractivity contribution in [3.8, 4) is 0 Å². The van der Waals surface area contributed by atoms with E-state index >= 15 is 0 Å². The van der Waals surface area contributed by atoms with Gasteiger partial charge in [-0.1, -0.05) is 45.4 Å². The summed E-state index contributed by atoms with van der Waals surface area (Å²) in [5, 5.41) is 2.69. The fraction of sp³-hybridized carbons (Fsp3) is 0.762. The summed E-state index contributed by atoms with van der Waals surface area (Å²) in [6.07, 6.45) is 9.97. The Labute approximate surface area is 174 Å². The van der Waals surface area contributed by atoms with Crippen LogP contribution in [0.15, 0.2) is 10.7 Å². The molecule has 1 rings (SSSR count). The van der Waals surface area contributed by atoms with Gasteiger partial charge < -0.3 is 24.1 Å². The smallest absolute Gasteiger partial charge is 0.273 e. The van der Waals surface area contributed by atoms with Gasteiger partial charge in [-0.15, -0.1) is 0 Å². The number of hydrogen-bond donors (Lipinski definition) is 1. The van der Waals surface area contributed by atoms with E-state index in [1.165, 1.54) is 38.4 Å². The maximum absolute atomic E-state index is 12.6. The standard InChI is InChI=1S/C21H37N3O5/c1-4-5-6-7-8-9-10-11-20(25)24(13-15-28-3)16-19-23-18(17-29-19)21(26)22-12-14-27-2/h17H,4-16H2,1-3H3,(H,22,26). The number of rotatable bonds is 17. The molecule has 1 aromatic rings. The van der Waals surface area contributed by atoms with E-state index in [4.69, 9.17) is 13.9 Å². The van der Waals surface area contributed by atoms with Gasteiger partial charge in [0.05, 0.1) is 19.8 Å². The molecule has 1 aromatic heterocycles. The van der Waals surface area contributed by atoms with Crippen LogP contribution in [0.5, 0.6) is 0 Å². The van der Waals surface area contributed by atoms with Gasteiger partial charge in [0.2, 0.25) is 11.8 Å². The van der Waals surface area contributed by atoms with Crippen LogP contribution in [0, 0.1) is 0 Å². The van der Waals surface area contributed by atoms with Crippen molar-refractivity contribution in [3.63, 3.8) is 0 Å². The molecule has 166 valence electrons. The van der Waals surface area contributed by atoms with Gasteiger partial charge in [0.15, 0.2) is 5.69 Å². The molecule has 0 aliphatic heterocycles. The summed E-state index contributed by atoms with van der Waals surface area (Å²) in [6, 6.07) is 0. The Morgan fingerprint density at radius 3 is 2.45 bits per heavy atom. The van der Waals surface area contributed by atoms with Gasteiger partial charge in [-0.3, -0.25) is 9.59 Å². The second-order valence-electron chi connectivity index (χ2n) is 7.05. The Bertz CT molecular complexity index is 576. The quantitative estimate of drug-likeness (QED) is 0.396. The molecule has 0 spiro atoms. The highest BCUT2D eigenvalue weighted by Gasteiger charge is 2.18. The SMILES string of the molecule is CCCCCCCCCC(=O)N(CCOC)Cc1nc(C(=O)NCCOC)co1. The Morgan fingerprint density at radius 2 is 1.76 bits per heavy atom. The zero-order valence-corrected chi connectivity index (χ0v) is 18.2. The molecule has 0 aliphatic rings. The number of carbonyl (C=O) groups excluding carboxylic acids is 2. The molecule has 0 fully saturated rings. The molecular formula is C21H37N3O5. The molecule has 8 heteroatoms. The normalized spacial score (nSPS) is 10.9. The van der Waals surface area contributed by atoms with Crippen molar-refractivity contribution < 1.29 is 23.5 Å². The molecule has 1 heterocycles. The van der Waals surface area contributed by atoms with Crippen molar-refractivity contribution in [2.45, 2.75) is 64.8 Å². The molecule has 0 saturated carbocycles. The number of nitrogens with one attached hydrogen (secondary N) is 1. The maximum atomic E-state index is 12.6. The molecule has 0 radical (unpaired) electrons. The van der Waals surface area contributed by atoms with Crippen molar-refractivity contribution in [3.05, 3.63) is 17.8 Å². The van der Waals surface area contributed by atoms with Crippen molar-refractivity contribution in [2.24, 2.45) is 0 Å². The lowest BCUT2D eigenvalue weighted by Crippen LogP contribution is -2.33. The lowest BCUT2D eigenvalue weighted by molar-refractivity contribution is -0.132. The number of nitrogens with zero attached hydrogens (tertiary/aromatic N) is 2. The molecule has 0 aromatic carbocycles.